The van der Waals surface area contributed by atoms with Crippen molar-refractivity contribution in [2.45, 2.75) is 6.04 Å². The predicted octanol–water partition coefficient (Wildman–Crippen LogP) is 1.11. The maximum atomic E-state index is 10.8. The quantitative estimate of drug-likeness (QED) is 0.612. The van der Waals surface area contributed by atoms with Gasteiger partial charge < -0.3 is 14.6 Å². The Balaban J connectivity index is 3.22. The zero-order chi connectivity index (χ0) is 13.0. The van der Waals surface area contributed by atoms with Crippen LogP contribution in [0.4, 0.5) is 0 Å². The van der Waals surface area contributed by atoms with Crippen molar-refractivity contribution in [2.75, 3.05) is 14.2 Å². The lowest BCUT2D eigenvalue weighted by molar-refractivity contribution is -0.516. The van der Waals surface area contributed by atoms with Gasteiger partial charge in [0.05, 0.1) is 14.2 Å². The van der Waals surface area contributed by atoms with Gasteiger partial charge in [0.25, 0.3) is 0 Å². The number of aliphatic carboxylic acids is 1. The first-order valence-electron chi connectivity index (χ1n) is 4.59. The van der Waals surface area contributed by atoms with Crippen LogP contribution in [-0.2, 0) is 4.79 Å². The van der Waals surface area contributed by atoms with Crippen LogP contribution in [0.25, 0.3) is 0 Å². The number of rotatable bonds is 5. The van der Waals surface area contributed by atoms with E-state index >= 15 is 0 Å². The van der Waals surface area contributed by atoms with Gasteiger partial charge in [0.1, 0.15) is 0 Å². The van der Waals surface area contributed by atoms with Crippen molar-refractivity contribution in [1.29, 1.82) is 0 Å². The summed E-state index contributed by atoms with van der Waals surface area (Å²) in [5.41, 5.74) is 0.0279. The number of ether oxygens (including phenoxy) is 2. The highest BCUT2D eigenvalue weighted by Crippen LogP contribution is 2.30. The molecular formula is C10H11NO6. The summed E-state index contributed by atoms with van der Waals surface area (Å²) in [6.07, 6.45) is 0. The summed E-state index contributed by atoms with van der Waals surface area (Å²) in [5.74, 6) is -0.899. The highest BCUT2D eigenvalue weighted by Gasteiger charge is 2.32. The van der Waals surface area contributed by atoms with E-state index in [-0.39, 0.29) is 11.3 Å². The third kappa shape index (κ3) is 2.63. The summed E-state index contributed by atoms with van der Waals surface area (Å²) in [4.78, 5) is 20.6. The molecule has 0 aliphatic carbocycles. The van der Waals surface area contributed by atoms with Crippen LogP contribution >= 0.6 is 0 Å². The Morgan fingerprint density at radius 3 is 2.35 bits per heavy atom. The van der Waals surface area contributed by atoms with Gasteiger partial charge in [-0.05, 0) is 18.2 Å². The van der Waals surface area contributed by atoms with Gasteiger partial charge in [-0.3, -0.25) is 10.1 Å². The summed E-state index contributed by atoms with van der Waals surface area (Å²) < 4.78 is 9.90. The molecule has 0 heterocycles. The molecule has 92 valence electrons. The number of hydrogen-bond donors (Lipinski definition) is 1. The van der Waals surface area contributed by atoms with Gasteiger partial charge in [-0.25, -0.2) is 4.79 Å². The van der Waals surface area contributed by atoms with E-state index in [9.17, 15) is 14.9 Å². The van der Waals surface area contributed by atoms with Crippen molar-refractivity contribution >= 4 is 5.97 Å². The molecule has 7 heteroatoms. The van der Waals surface area contributed by atoms with Gasteiger partial charge in [0.2, 0.25) is 0 Å². The van der Waals surface area contributed by atoms with Crippen LogP contribution in [0.5, 0.6) is 11.5 Å². The Labute approximate surface area is 96.7 Å². The molecular weight excluding hydrogens is 230 g/mol. The first-order chi connectivity index (χ1) is 8.01. The number of nitrogens with zero attached hydrogens (tertiary/aromatic N) is 1. The average Bonchev–Trinajstić information content (AvgIpc) is 2.27. The molecule has 1 aromatic rings. The second kappa shape index (κ2) is 5.15. The Bertz CT molecular complexity index is 430. The van der Waals surface area contributed by atoms with Crippen LogP contribution in [0.2, 0.25) is 0 Å². The van der Waals surface area contributed by atoms with E-state index in [0.717, 1.165) is 0 Å². The van der Waals surface area contributed by atoms with Gasteiger partial charge in [0.15, 0.2) is 11.5 Å². The van der Waals surface area contributed by atoms with Crippen LogP contribution in [0.3, 0.4) is 0 Å². The third-order valence-corrected chi connectivity index (χ3v) is 2.17. The monoisotopic (exact) mass is 241 g/mol. The van der Waals surface area contributed by atoms with Crippen molar-refractivity contribution in [2.24, 2.45) is 0 Å². The maximum absolute atomic E-state index is 10.8. The summed E-state index contributed by atoms with van der Waals surface area (Å²) in [5, 5.41) is 19.4. The van der Waals surface area contributed by atoms with E-state index < -0.39 is 16.9 Å². The fraction of sp³-hybridized carbons (Fsp3) is 0.300. The Hall–Kier alpha value is -2.31. The number of methoxy groups -OCH3 is 2. The van der Waals surface area contributed by atoms with Crippen molar-refractivity contribution in [3.8, 4) is 11.5 Å². The summed E-state index contributed by atoms with van der Waals surface area (Å²) in [6.45, 7) is 0. The molecule has 0 aromatic heterocycles. The van der Waals surface area contributed by atoms with Gasteiger partial charge in [-0.2, -0.15) is 0 Å². The van der Waals surface area contributed by atoms with Crippen LogP contribution in [-0.4, -0.2) is 30.2 Å². The molecule has 0 aliphatic heterocycles. The van der Waals surface area contributed by atoms with Crippen LogP contribution in [0.15, 0.2) is 18.2 Å². The molecule has 1 N–H and O–H groups in total. The highest BCUT2D eigenvalue weighted by atomic mass is 16.6. The van der Waals surface area contributed by atoms with Crippen LogP contribution < -0.4 is 9.47 Å². The smallest absolute Gasteiger partial charge is 0.384 e. The molecule has 0 aliphatic rings. The molecule has 0 saturated heterocycles. The van der Waals surface area contributed by atoms with Crippen molar-refractivity contribution in [1.82, 2.24) is 0 Å². The summed E-state index contributed by atoms with van der Waals surface area (Å²) in [6, 6.07) is 2.21. The van der Waals surface area contributed by atoms with Crippen molar-refractivity contribution in [3.05, 3.63) is 33.9 Å². The normalized spacial score (nSPS) is 11.6. The number of hydrogen-bond acceptors (Lipinski definition) is 5. The number of nitro groups is 1. The van der Waals surface area contributed by atoms with E-state index in [2.05, 4.69) is 0 Å². The van der Waals surface area contributed by atoms with Gasteiger partial charge in [0, 0.05) is 10.5 Å². The third-order valence-electron chi connectivity index (χ3n) is 2.17. The van der Waals surface area contributed by atoms with Gasteiger partial charge in [-0.1, -0.05) is 0 Å². The predicted molar refractivity (Wildman–Crippen MR) is 56.9 cm³/mol. The Kier molecular flexibility index (Phi) is 3.86. The first-order valence-corrected chi connectivity index (χ1v) is 4.59. The van der Waals surface area contributed by atoms with Crippen molar-refractivity contribution < 1.29 is 24.3 Å². The number of carboxylic acid groups (broad SMARTS) is 1. The Morgan fingerprint density at radius 2 is 1.94 bits per heavy atom. The molecule has 17 heavy (non-hydrogen) atoms. The van der Waals surface area contributed by atoms with Crippen LogP contribution in [0, 0.1) is 10.1 Å². The zero-order valence-corrected chi connectivity index (χ0v) is 9.25. The molecule has 0 fully saturated rings. The van der Waals surface area contributed by atoms with Gasteiger partial charge >= 0.3 is 12.0 Å². The molecule has 0 amide bonds. The molecule has 0 radical (unpaired) electrons. The molecule has 7 nitrogen and oxygen atoms in total. The standard InChI is InChI=1S/C10H11NO6/c1-16-7-4-3-6(5-8(7)17-2)9(10(12)13)11(14)15/h3-5,9H,1-2H3,(H,12,13). The molecule has 1 aromatic carbocycles. The zero-order valence-electron chi connectivity index (χ0n) is 9.25. The molecule has 1 rings (SSSR count). The first kappa shape index (κ1) is 12.8. The molecule has 1 unspecified atom stereocenters. The van der Waals surface area contributed by atoms with E-state index in [1.165, 1.54) is 32.4 Å². The molecule has 1 atom stereocenters. The van der Waals surface area contributed by atoms with E-state index in [1.807, 2.05) is 0 Å². The Morgan fingerprint density at radius 1 is 1.35 bits per heavy atom. The lowest BCUT2D eigenvalue weighted by Gasteiger charge is -2.10. The maximum Gasteiger partial charge on any atom is 0.384 e. The number of carboxylic acids is 1. The lowest BCUT2D eigenvalue weighted by atomic mass is 10.1. The second-order valence-corrected chi connectivity index (χ2v) is 3.14. The average molecular weight is 241 g/mol. The summed E-state index contributed by atoms with van der Waals surface area (Å²) >= 11 is 0. The second-order valence-electron chi connectivity index (χ2n) is 3.14. The molecule has 0 spiro atoms. The highest BCUT2D eigenvalue weighted by molar-refractivity contribution is 5.74. The number of carbonyl (C=O) groups is 1. The van der Waals surface area contributed by atoms with Gasteiger partial charge in [-0.15, -0.1) is 0 Å². The fourth-order valence-electron chi connectivity index (χ4n) is 1.38. The minimum Gasteiger partial charge on any atom is -0.493 e. The molecule has 0 saturated carbocycles. The summed E-state index contributed by atoms with van der Waals surface area (Å²) in [7, 11) is 2.78. The lowest BCUT2D eigenvalue weighted by Crippen LogP contribution is -2.20. The van der Waals surface area contributed by atoms with E-state index in [4.69, 9.17) is 14.6 Å². The topological polar surface area (TPSA) is 98.9 Å². The van der Waals surface area contributed by atoms with E-state index in [0.29, 0.717) is 5.75 Å². The minimum atomic E-state index is -1.81. The van der Waals surface area contributed by atoms with Crippen LogP contribution in [0.1, 0.15) is 11.6 Å². The fourth-order valence-corrected chi connectivity index (χ4v) is 1.38. The van der Waals surface area contributed by atoms with E-state index in [1.54, 1.807) is 0 Å². The largest absolute Gasteiger partial charge is 0.493 e. The number of benzene rings is 1. The minimum absolute atomic E-state index is 0.0279. The van der Waals surface area contributed by atoms with Crippen molar-refractivity contribution in [3.63, 3.8) is 0 Å². The molecule has 0 bridgehead atoms. The SMILES string of the molecule is COc1ccc(C(C(=O)O)[N+](=O)[O-])cc1OC.